The van der Waals surface area contributed by atoms with Crippen molar-refractivity contribution in [1.82, 2.24) is 0 Å². The number of halogens is 6. The number of hydrogen-bond donors (Lipinski definition) is 0. The molecule has 3 aromatic heterocycles. The van der Waals surface area contributed by atoms with Gasteiger partial charge in [0.2, 0.25) is 0 Å². The Hall–Kier alpha value is -2.58. The van der Waals surface area contributed by atoms with Gasteiger partial charge in [-0.3, -0.25) is 0 Å². The predicted molar refractivity (Wildman–Crippen MR) is 184 cm³/mol. The van der Waals surface area contributed by atoms with E-state index in [-0.39, 0.29) is 0 Å². The highest BCUT2D eigenvalue weighted by atomic mass is 35.5. The molecule has 0 fully saturated rings. The number of benzene rings is 3. The number of rotatable bonds is 3. The van der Waals surface area contributed by atoms with E-state index in [1.54, 1.807) is 28.7 Å². The van der Waals surface area contributed by atoms with Gasteiger partial charge in [0, 0.05) is 19.7 Å². The first-order valence-electron chi connectivity index (χ1n) is 13.0. The van der Waals surface area contributed by atoms with Crippen LogP contribution in [0.25, 0.3) is 31.3 Å². The Balaban J connectivity index is 0.000000148. The summed E-state index contributed by atoms with van der Waals surface area (Å²) in [5.74, 6) is 0. The molecule has 0 bridgehead atoms. The summed E-state index contributed by atoms with van der Waals surface area (Å²) in [7, 11) is 0. The molecule has 0 aliphatic heterocycles. The number of aryl methyl sites for hydroxylation is 3. The van der Waals surface area contributed by atoms with Crippen LogP contribution in [0.5, 0.6) is 0 Å². The molecule has 0 unspecified atom stereocenters. The van der Waals surface area contributed by atoms with Gasteiger partial charge in [-0.1, -0.05) is 65.1 Å². The molecule has 0 spiro atoms. The van der Waals surface area contributed by atoms with Crippen LogP contribution in [0.1, 0.15) is 22.3 Å². The van der Waals surface area contributed by atoms with Gasteiger partial charge >= 0.3 is 6.18 Å². The minimum Gasteiger partial charge on any atom is -0.166 e. The molecule has 6 aromatic rings. The van der Waals surface area contributed by atoms with Gasteiger partial charge < -0.3 is 0 Å². The molecule has 222 valence electrons. The van der Waals surface area contributed by atoms with Gasteiger partial charge in [0.15, 0.2) is 0 Å². The number of hydrogen-bond acceptors (Lipinski definition) is 3. The maximum Gasteiger partial charge on any atom is 0.416 e. The van der Waals surface area contributed by atoms with E-state index in [4.69, 9.17) is 34.8 Å². The first kappa shape index (κ1) is 33.3. The molecule has 0 radical (unpaired) electrons. The molecule has 0 saturated heterocycles. The van der Waals surface area contributed by atoms with E-state index < -0.39 is 11.7 Å². The normalized spacial score (nSPS) is 10.9. The molecular weight excluding hydrogens is 668 g/mol. The van der Waals surface area contributed by atoms with Crippen molar-refractivity contribution >= 4 is 68.8 Å². The van der Waals surface area contributed by atoms with Gasteiger partial charge in [-0.15, -0.1) is 34.0 Å². The second-order valence-electron chi connectivity index (χ2n) is 9.51. The van der Waals surface area contributed by atoms with Gasteiger partial charge in [-0.25, -0.2) is 0 Å². The second kappa shape index (κ2) is 14.9. The molecule has 9 heteroatoms. The van der Waals surface area contributed by atoms with E-state index in [0.29, 0.717) is 15.6 Å². The van der Waals surface area contributed by atoms with Crippen LogP contribution < -0.4 is 0 Å². The molecule has 0 aliphatic carbocycles. The van der Waals surface area contributed by atoms with Gasteiger partial charge in [-0.2, -0.15) is 13.2 Å². The molecular formula is C34H26Cl3F3S3. The lowest BCUT2D eigenvalue weighted by Gasteiger charge is -2.08. The maximum atomic E-state index is 12.5. The molecule has 3 heterocycles. The highest BCUT2D eigenvalue weighted by Crippen LogP contribution is 2.35. The Morgan fingerprint density at radius 3 is 1.42 bits per heavy atom. The van der Waals surface area contributed by atoms with Crippen molar-refractivity contribution < 1.29 is 13.2 Å². The van der Waals surface area contributed by atoms with Crippen LogP contribution >= 0.6 is 68.8 Å². The fourth-order valence-electron chi connectivity index (χ4n) is 4.08. The van der Waals surface area contributed by atoms with Crippen LogP contribution in [0.2, 0.25) is 15.1 Å². The van der Waals surface area contributed by atoms with E-state index in [9.17, 15) is 13.2 Å². The Morgan fingerprint density at radius 2 is 0.977 bits per heavy atom. The summed E-state index contributed by atoms with van der Waals surface area (Å²) in [6.07, 6.45) is -4.28. The van der Waals surface area contributed by atoms with Crippen molar-refractivity contribution in [2.75, 3.05) is 0 Å². The van der Waals surface area contributed by atoms with E-state index in [2.05, 4.69) is 48.9 Å². The van der Waals surface area contributed by atoms with Crippen molar-refractivity contribution in [3.8, 4) is 31.3 Å². The van der Waals surface area contributed by atoms with Crippen molar-refractivity contribution in [2.24, 2.45) is 0 Å². The van der Waals surface area contributed by atoms with Gasteiger partial charge in [-0.05, 0) is 125 Å². The average Bonchev–Trinajstić information content (AvgIpc) is 3.72. The smallest absolute Gasteiger partial charge is 0.166 e. The van der Waals surface area contributed by atoms with Crippen molar-refractivity contribution in [2.45, 2.75) is 26.9 Å². The summed E-state index contributed by atoms with van der Waals surface area (Å²) in [6.45, 7) is 6.11. The zero-order valence-electron chi connectivity index (χ0n) is 23.3. The summed E-state index contributed by atoms with van der Waals surface area (Å²) < 4.78 is 37.5. The Bertz CT molecular complexity index is 1780. The summed E-state index contributed by atoms with van der Waals surface area (Å²) in [4.78, 5) is 3.48. The highest BCUT2D eigenvalue weighted by molar-refractivity contribution is 7.14. The van der Waals surface area contributed by atoms with Crippen molar-refractivity contribution in [3.63, 3.8) is 0 Å². The second-order valence-corrected chi connectivity index (χ2v) is 13.5. The van der Waals surface area contributed by atoms with Crippen LogP contribution in [-0.2, 0) is 6.18 Å². The summed E-state index contributed by atoms with van der Waals surface area (Å²) in [5.41, 5.74) is 6.01. The Morgan fingerprint density at radius 1 is 0.512 bits per heavy atom. The van der Waals surface area contributed by atoms with Crippen LogP contribution in [0.3, 0.4) is 0 Å². The molecule has 3 aromatic carbocycles. The van der Waals surface area contributed by atoms with E-state index in [1.807, 2.05) is 48.7 Å². The number of thiophene rings is 3. The third kappa shape index (κ3) is 8.98. The van der Waals surface area contributed by atoms with Crippen molar-refractivity contribution in [1.29, 1.82) is 0 Å². The lowest BCUT2D eigenvalue weighted by molar-refractivity contribution is -0.137. The largest absolute Gasteiger partial charge is 0.416 e. The molecule has 6 rings (SSSR count). The maximum absolute atomic E-state index is 12.5. The topological polar surface area (TPSA) is 0 Å². The molecule has 0 nitrogen and oxygen atoms in total. The summed E-state index contributed by atoms with van der Waals surface area (Å²) in [5, 5.41) is 8.07. The zero-order chi connectivity index (χ0) is 31.1. The Kier molecular flexibility index (Phi) is 11.6. The van der Waals surface area contributed by atoms with Crippen LogP contribution in [0.15, 0.2) is 101 Å². The minimum atomic E-state index is -4.28. The van der Waals surface area contributed by atoms with E-state index >= 15 is 0 Å². The molecule has 0 amide bonds. The molecule has 43 heavy (non-hydrogen) atoms. The predicted octanol–water partition coefficient (Wildman–Crippen LogP) is 14.1. The summed E-state index contributed by atoms with van der Waals surface area (Å²) >= 11 is 22.6. The summed E-state index contributed by atoms with van der Waals surface area (Å²) in [6, 6.07) is 25.3. The fraction of sp³-hybridized carbons (Fsp3) is 0.118. The van der Waals surface area contributed by atoms with Crippen LogP contribution in [-0.4, -0.2) is 0 Å². The van der Waals surface area contributed by atoms with Gasteiger partial charge in [0.05, 0.1) is 15.6 Å². The lowest BCUT2D eigenvalue weighted by atomic mass is 10.1. The first-order chi connectivity index (χ1) is 20.4. The lowest BCUT2D eigenvalue weighted by Crippen LogP contribution is -2.04. The molecule has 0 atom stereocenters. The highest BCUT2D eigenvalue weighted by Gasteiger charge is 2.30. The van der Waals surface area contributed by atoms with Crippen molar-refractivity contribution in [3.05, 3.63) is 138 Å². The Labute approximate surface area is 277 Å². The number of alkyl halides is 3. The van der Waals surface area contributed by atoms with Crippen LogP contribution in [0.4, 0.5) is 13.2 Å². The monoisotopic (exact) mass is 692 g/mol. The van der Waals surface area contributed by atoms with Gasteiger partial charge in [0.25, 0.3) is 0 Å². The SMILES string of the molecule is Cc1ccsc1-c1ccc(Cl)c(Cl)c1.Cc1ccsc1-c1ccc(Cl)cc1.Cc1ccsc1-c1cccc(C(F)(F)F)c1. The molecule has 0 N–H and O–H groups in total. The molecule has 0 aliphatic rings. The zero-order valence-corrected chi connectivity index (χ0v) is 28.0. The first-order valence-corrected chi connectivity index (χ1v) is 16.7. The minimum absolute atomic E-state index is 0.599. The third-order valence-electron chi connectivity index (χ3n) is 6.33. The fourth-order valence-corrected chi connectivity index (χ4v) is 7.29. The third-order valence-corrected chi connectivity index (χ3v) is 10.5. The van der Waals surface area contributed by atoms with Gasteiger partial charge in [0.1, 0.15) is 0 Å². The van der Waals surface area contributed by atoms with E-state index in [1.165, 1.54) is 49.9 Å². The standard InChI is InChI=1S/C12H9F3S.C11H8Cl2S.C11H9ClS/c1-8-5-6-16-11(8)9-3-2-4-10(7-9)12(13,14)15;1-7-4-5-14-11(7)8-2-3-9(12)10(13)6-8;1-8-6-7-13-11(8)9-2-4-10(12)5-3-9/h2-7H,1H3;2-6H,1H3;2-7H,1H3. The van der Waals surface area contributed by atoms with Crippen LogP contribution in [0, 0.1) is 20.8 Å². The molecule has 0 saturated carbocycles. The van der Waals surface area contributed by atoms with E-state index in [0.717, 1.165) is 27.1 Å². The quantitative estimate of drug-likeness (QED) is 0.173. The average molecular weight is 694 g/mol.